The van der Waals surface area contributed by atoms with Crippen molar-refractivity contribution in [1.82, 2.24) is 35.2 Å². The molecule has 0 aliphatic rings. The summed E-state index contributed by atoms with van der Waals surface area (Å²) >= 11 is 0. The predicted molar refractivity (Wildman–Crippen MR) is 101 cm³/mol. The molecule has 0 bridgehead atoms. The molecule has 5 aromatic rings. The van der Waals surface area contributed by atoms with E-state index in [2.05, 4.69) is 25.5 Å². The van der Waals surface area contributed by atoms with E-state index in [4.69, 9.17) is 4.98 Å². The molecule has 132 valence electrons. The first-order chi connectivity index (χ1) is 13.2. The van der Waals surface area contributed by atoms with Crippen LogP contribution in [0.2, 0.25) is 0 Å². The van der Waals surface area contributed by atoms with Crippen LogP contribution in [0.25, 0.3) is 33.3 Å². The van der Waals surface area contributed by atoms with Crippen LogP contribution in [0.3, 0.4) is 0 Å². The van der Waals surface area contributed by atoms with Crippen LogP contribution in [0.1, 0.15) is 18.5 Å². The topological polar surface area (TPSA) is 105 Å². The van der Waals surface area contributed by atoms with Gasteiger partial charge in [-0.15, -0.1) is 5.10 Å². The second-order valence-electron chi connectivity index (χ2n) is 6.41. The number of hydrogen-bond donors (Lipinski definition) is 2. The van der Waals surface area contributed by atoms with Crippen molar-refractivity contribution in [3.8, 4) is 11.3 Å². The number of benzene rings is 1. The molecule has 0 spiro atoms. The first kappa shape index (κ1) is 15.4. The molecule has 0 saturated heterocycles. The molecule has 8 nitrogen and oxygen atoms in total. The summed E-state index contributed by atoms with van der Waals surface area (Å²) in [6.45, 7) is 2.05. The second kappa shape index (κ2) is 5.87. The van der Waals surface area contributed by atoms with Gasteiger partial charge in [0.15, 0.2) is 5.65 Å². The van der Waals surface area contributed by atoms with Crippen LogP contribution in [0.15, 0.2) is 59.7 Å². The molecule has 1 atom stereocenters. The van der Waals surface area contributed by atoms with Gasteiger partial charge >= 0.3 is 0 Å². The molecule has 0 amide bonds. The van der Waals surface area contributed by atoms with Gasteiger partial charge in [0, 0.05) is 23.3 Å². The van der Waals surface area contributed by atoms with Crippen molar-refractivity contribution in [2.75, 3.05) is 0 Å². The van der Waals surface area contributed by atoms with Crippen molar-refractivity contribution in [2.24, 2.45) is 0 Å². The van der Waals surface area contributed by atoms with Gasteiger partial charge in [0.25, 0.3) is 0 Å². The molecule has 1 aromatic carbocycles. The lowest BCUT2D eigenvalue weighted by Gasteiger charge is -2.13. The Morgan fingerprint density at radius 3 is 2.89 bits per heavy atom. The summed E-state index contributed by atoms with van der Waals surface area (Å²) in [5.41, 5.74) is 4.91. The molecule has 1 unspecified atom stereocenters. The molecule has 5 rings (SSSR count). The van der Waals surface area contributed by atoms with E-state index in [1.54, 1.807) is 12.4 Å². The maximum absolute atomic E-state index is 11.5. The van der Waals surface area contributed by atoms with Gasteiger partial charge < -0.3 is 4.98 Å². The lowest BCUT2D eigenvalue weighted by Crippen LogP contribution is -2.10. The zero-order valence-corrected chi connectivity index (χ0v) is 14.4. The van der Waals surface area contributed by atoms with Gasteiger partial charge in [-0.05, 0) is 48.2 Å². The Morgan fingerprint density at radius 1 is 1.11 bits per heavy atom. The normalized spacial score (nSPS) is 12.6. The van der Waals surface area contributed by atoms with Crippen molar-refractivity contribution in [2.45, 2.75) is 13.0 Å². The Hall–Kier alpha value is -3.81. The number of aromatic amines is 2. The van der Waals surface area contributed by atoms with E-state index in [0.29, 0.717) is 5.65 Å². The smallest absolute Gasteiger partial charge is 0.248 e. The maximum Gasteiger partial charge on any atom is 0.248 e. The van der Waals surface area contributed by atoms with Crippen molar-refractivity contribution in [1.29, 1.82) is 0 Å². The SMILES string of the molecule is CC(c1ccc2[nH]c(=O)ccc2c1)n1nnc2ccc(-c3cn[nH]c3)nc21. The van der Waals surface area contributed by atoms with E-state index in [1.807, 2.05) is 48.0 Å². The number of hydrogen-bond acceptors (Lipinski definition) is 5. The van der Waals surface area contributed by atoms with Gasteiger partial charge in [0.05, 0.1) is 17.9 Å². The zero-order valence-electron chi connectivity index (χ0n) is 14.4. The number of aromatic nitrogens is 7. The summed E-state index contributed by atoms with van der Waals surface area (Å²) in [6.07, 6.45) is 3.53. The van der Waals surface area contributed by atoms with E-state index < -0.39 is 0 Å². The summed E-state index contributed by atoms with van der Waals surface area (Å²) in [4.78, 5) is 19.0. The quantitative estimate of drug-likeness (QED) is 0.516. The average Bonchev–Trinajstić information content (AvgIpc) is 3.36. The Bertz CT molecular complexity index is 1320. The largest absolute Gasteiger partial charge is 0.322 e. The van der Waals surface area contributed by atoms with Crippen LogP contribution in [0.4, 0.5) is 0 Å². The molecule has 0 radical (unpaired) electrons. The number of rotatable bonds is 3. The minimum Gasteiger partial charge on any atom is -0.322 e. The van der Waals surface area contributed by atoms with E-state index in [9.17, 15) is 4.79 Å². The Balaban J connectivity index is 1.61. The highest BCUT2D eigenvalue weighted by Gasteiger charge is 2.16. The molecule has 0 saturated carbocycles. The Kier molecular flexibility index (Phi) is 3.36. The zero-order chi connectivity index (χ0) is 18.4. The molecular formula is C19H15N7O. The van der Waals surface area contributed by atoms with Crippen molar-refractivity contribution in [3.63, 3.8) is 0 Å². The van der Waals surface area contributed by atoms with Crippen LogP contribution in [0.5, 0.6) is 0 Å². The first-order valence-corrected chi connectivity index (χ1v) is 8.53. The lowest BCUT2D eigenvalue weighted by molar-refractivity contribution is 0.556. The standard InChI is InChI=1S/C19H15N7O/c1-11(12-2-4-15-13(8-12)3-7-18(27)22-15)26-19-17(24-25-26)6-5-16(23-19)14-9-20-21-10-14/h2-11H,1H3,(H,20,21)(H,22,27). The minimum atomic E-state index is -0.110. The van der Waals surface area contributed by atoms with Gasteiger partial charge in [-0.2, -0.15) is 5.10 Å². The minimum absolute atomic E-state index is 0.0709. The molecule has 4 aromatic heterocycles. The highest BCUT2D eigenvalue weighted by molar-refractivity contribution is 5.79. The number of H-pyrrole nitrogens is 2. The lowest BCUT2D eigenvalue weighted by atomic mass is 10.1. The van der Waals surface area contributed by atoms with Gasteiger partial charge in [-0.1, -0.05) is 11.3 Å². The van der Waals surface area contributed by atoms with Crippen LogP contribution >= 0.6 is 0 Å². The fraction of sp³-hybridized carbons (Fsp3) is 0.105. The van der Waals surface area contributed by atoms with Gasteiger partial charge in [-0.3, -0.25) is 9.89 Å². The molecule has 27 heavy (non-hydrogen) atoms. The molecule has 8 heteroatoms. The summed E-state index contributed by atoms with van der Waals surface area (Å²) in [6, 6.07) is 13.0. The number of nitrogens with one attached hydrogen (secondary N) is 2. The van der Waals surface area contributed by atoms with Crippen LogP contribution in [0, 0.1) is 0 Å². The van der Waals surface area contributed by atoms with E-state index in [-0.39, 0.29) is 11.6 Å². The Labute approximate surface area is 152 Å². The highest BCUT2D eigenvalue weighted by Crippen LogP contribution is 2.25. The average molecular weight is 357 g/mol. The van der Waals surface area contributed by atoms with Gasteiger partial charge in [0.1, 0.15) is 5.52 Å². The summed E-state index contributed by atoms with van der Waals surface area (Å²) in [5, 5.41) is 16.3. The molecule has 2 N–H and O–H groups in total. The van der Waals surface area contributed by atoms with Crippen molar-refractivity contribution in [3.05, 3.63) is 70.8 Å². The summed E-state index contributed by atoms with van der Waals surface area (Å²) < 4.78 is 1.81. The van der Waals surface area contributed by atoms with Crippen LogP contribution in [-0.2, 0) is 0 Å². The number of pyridine rings is 2. The molecule has 0 aliphatic heterocycles. The van der Waals surface area contributed by atoms with Gasteiger partial charge in [0.2, 0.25) is 5.56 Å². The van der Waals surface area contributed by atoms with Crippen LogP contribution in [-0.4, -0.2) is 35.2 Å². The predicted octanol–water partition coefficient (Wildman–Crippen LogP) is 2.67. The molecule has 0 aliphatic carbocycles. The fourth-order valence-corrected chi connectivity index (χ4v) is 3.21. The highest BCUT2D eigenvalue weighted by atomic mass is 16.1. The number of fused-ring (bicyclic) bond motifs is 2. The Morgan fingerprint density at radius 2 is 2.04 bits per heavy atom. The van der Waals surface area contributed by atoms with Crippen LogP contribution < -0.4 is 5.56 Å². The summed E-state index contributed by atoms with van der Waals surface area (Å²) in [5.74, 6) is 0. The van der Waals surface area contributed by atoms with Crippen molar-refractivity contribution >= 4 is 22.1 Å². The maximum atomic E-state index is 11.5. The number of nitrogens with zero attached hydrogens (tertiary/aromatic N) is 5. The molecule has 4 heterocycles. The van der Waals surface area contributed by atoms with Crippen molar-refractivity contribution < 1.29 is 0 Å². The van der Waals surface area contributed by atoms with E-state index >= 15 is 0 Å². The molecule has 0 fully saturated rings. The fourth-order valence-electron chi connectivity index (χ4n) is 3.21. The second-order valence-corrected chi connectivity index (χ2v) is 6.41. The third-order valence-corrected chi connectivity index (χ3v) is 4.71. The van der Waals surface area contributed by atoms with Gasteiger partial charge in [-0.25, -0.2) is 9.67 Å². The van der Waals surface area contributed by atoms with E-state index in [0.717, 1.165) is 33.2 Å². The summed E-state index contributed by atoms with van der Waals surface area (Å²) in [7, 11) is 0. The first-order valence-electron chi connectivity index (χ1n) is 8.53. The van der Waals surface area contributed by atoms with E-state index in [1.165, 1.54) is 6.07 Å². The third-order valence-electron chi connectivity index (χ3n) is 4.71. The monoisotopic (exact) mass is 357 g/mol. The molecular weight excluding hydrogens is 342 g/mol. The third kappa shape index (κ3) is 2.58.